The van der Waals surface area contributed by atoms with Crippen molar-refractivity contribution in [2.75, 3.05) is 0 Å². The van der Waals surface area contributed by atoms with E-state index in [2.05, 4.69) is 4.98 Å². The lowest BCUT2D eigenvalue weighted by atomic mass is 10.2. The molecule has 3 nitrogen and oxygen atoms in total. The SMILES string of the molecule is C[C@H](O)CCc1cn(C)cn1. The average molecular weight is 154 g/mol. The van der Waals surface area contributed by atoms with Crippen LogP contribution in [0.15, 0.2) is 12.5 Å². The van der Waals surface area contributed by atoms with Crippen LogP contribution in [0.5, 0.6) is 0 Å². The number of aliphatic hydroxyl groups excluding tert-OH is 1. The van der Waals surface area contributed by atoms with Crippen molar-refractivity contribution in [1.82, 2.24) is 9.55 Å². The van der Waals surface area contributed by atoms with Crippen molar-refractivity contribution in [3.05, 3.63) is 18.2 Å². The predicted molar refractivity (Wildman–Crippen MR) is 43.2 cm³/mol. The summed E-state index contributed by atoms with van der Waals surface area (Å²) in [7, 11) is 1.94. The van der Waals surface area contributed by atoms with E-state index < -0.39 is 0 Å². The number of aliphatic hydroxyl groups is 1. The van der Waals surface area contributed by atoms with E-state index in [9.17, 15) is 0 Å². The van der Waals surface area contributed by atoms with E-state index in [1.165, 1.54) is 0 Å². The molecule has 0 amide bonds. The van der Waals surface area contributed by atoms with Gasteiger partial charge in [-0.25, -0.2) is 4.98 Å². The quantitative estimate of drug-likeness (QED) is 0.697. The summed E-state index contributed by atoms with van der Waals surface area (Å²) in [4.78, 5) is 4.14. The summed E-state index contributed by atoms with van der Waals surface area (Å²) in [5.41, 5.74) is 1.05. The third-order valence-electron chi connectivity index (χ3n) is 1.58. The van der Waals surface area contributed by atoms with Gasteiger partial charge in [0.2, 0.25) is 0 Å². The van der Waals surface area contributed by atoms with Crippen molar-refractivity contribution in [1.29, 1.82) is 0 Å². The molecule has 0 unspecified atom stereocenters. The molecule has 0 saturated carbocycles. The number of aromatic nitrogens is 2. The Morgan fingerprint density at radius 2 is 2.45 bits per heavy atom. The molecule has 1 aromatic heterocycles. The Kier molecular flexibility index (Phi) is 2.65. The Balaban J connectivity index is 2.39. The van der Waals surface area contributed by atoms with Gasteiger partial charge < -0.3 is 9.67 Å². The first-order valence-electron chi connectivity index (χ1n) is 3.83. The third kappa shape index (κ3) is 2.72. The second kappa shape index (κ2) is 3.53. The summed E-state index contributed by atoms with van der Waals surface area (Å²) < 4.78 is 1.91. The summed E-state index contributed by atoms with van der Waals surface area (Å²) in [6, 6.07) is 0. The Bertz CT molecular complexity index is 218. The van der Waals surface area contributed by atoms with Gasteiger partial charge in [0.15, 0.2) is 0 Å². The number of aryl methyl sites for hydroxylation is 2. The number of nitrogens with zero attached hydrogens (tertiary/aromatic N) is 2. The minimum Gasteiger partial charge on any atom is -0.393 e. The minimum atomic E-state index is -0.225. The summed E-state index contributed by atoms with van der Waals surface area (Å²) in [6.45, 7) is 1.79. The lowest BCUT2D eigenvalue weighted by Gasteiger charge is -1.99. The van der Waals surface area contributed by atoms with E-state index in [1.54, 1.807) is 13.3 Å². The van der Waals surface area contributed by atoms with Crippen LogP contribution in [0.3, 0.4) is 0 Å². The molecular weight excluding hydrogens is 140 g/mol. The normalized spacial score (nSPS) is 13.4. The fourth-order valence-corrected chi connectivity index (χ4v) is 0.953. The molecule has 1 aromatic rings. The average Bonchev–Trinajstić information content (AvgIpc) is 2.31. The lowest BCUT2D eigenvalue weighted by molar-refractivity contribution is 0.184. The van der Waals surface area contributed by atoms with Crippen molar-refractivity contribution in [3.63, 3.8) is 0 Å². The Morgan fingerprint density at radius 3 is 2.91 bits per heavy atom. The molecule has 0 radical (unpaired) electrons. The van der Waals surface area contributed by atoms with Crippen LogP contribution in [0.2, 0.25) is 0 Å². The first-order valence-corrected chi connectivity index (χ1v) is 3.83. The zero-order valence-corrected chi connectivity index (χ0v) is 6.99. The Morgan fingerprint density at radius 1 is 1.73 bits per heavy atom. The van der Waals surface area contributed by atoms with Crippen LogP contribution in [0, 0.1) is 0 Å². The second-order valence-corrected chi connectivity index (χ2v) is 2.92. The fourth-order valence-electron chi connectivity index (χ4n) is 0.953. The maximum atomic E-state index is 8.99. The summed E-state index contributed by atoms with van der Waals surface area (Å²) in [5, 5.41) is 8.99. The zero-order chi connectivity index (χ0) is 8.27. The molecule has 0 bridgehead atoms. The molecule has 1 heterocycles. The number of hydrogen-bond donors (Lipinski definition) is 1. The topological polar surface area (TPSA) is 38.0 Å². The predicted octanol–water partition coefficient (Wildman–Crippen LogP) is 0.734. The molecule has 1 N–H and O–H groups in total. The lowest BCUT2D eigenvalue weighted by Crippen LogP contribution is -2.01. The smallest absolute Gasteiger partial charge is 0.0946 e. The van der Waals surface area contributed by atoms with Crippen LogP contribution in [0.25, 0.3) is 0 Å². The Hall–Kier alpha value is -0.830. The fraction of sp³-hybridized carbons (Fsp3) is 0.625. The molecule has 11 heavy (non-hydrogen) atoms. The van der Waals surface area contributed by atoms with E-state index >= 15 is 0 Å². The van der Waals surface area contributed by atoms with Gasteiger partial charge in [0, 0.05) is 13.2 Å². The van der Waals surface area contributed by atoms with Crippen LogP contribution >= 0.6 is 0 Å². The van der Waals surface area contributed by atoms with Crippen molar-refractivity contribution < 1.29 is 5.11 Å². The first-order chi connectivity index (χ1) is 5.18. The maximum absolute atomic E-state index is 8.99. The van der Waals surface area contributed by atoms with E-state index in [0.717, 1.165) is 18.5 Å². The number of imidazole rings is 1. The highest BCUT2D eigenvalue weighted by Gasteiger charge is 1.99. The molecule has 62 valence electrons. The van der Waals surface area contributed by atoms with Crippen LogP contribution in [-0.4, -0.2) is 20.8 Å². The molecular formula is C8H14N2O. The standard InChI is InChI=1S/C8H14N2O/c1-7(11)3-4-8-5-10(2)6-9-8/h5-7,11H,3-4H2,1-2H3/t7-/m0/s1. The second-order valence-electron chi connectivity index (χ2n) is 2.92. The minimum absolute atomic E-state index is 0.225. The maximum Gasteiger partial charge on any atom is 0.0946 e. The molecule has 1 rings (SSSR count). The van der Waals surface area contributed by atoms with Crippen LogP contribution in [-0.2, 0) is 13.5 Å². The molecule has 0 aliphatic carbocycles. The van der Waals surface area contributed by atoms with Gasteiger partial charge in [0.1, 0.15) is 0 Å². The van der Waals surface area contributed by atoms with Crippen molar-refractivity contribution in [2.24, 2.45) is 7.05 Å². The molecule has 0 saturated heterocycles. The molecule has 0 aliphatic rings. The van der Waals surface area contributed by atoms with Gasteiger partial charge in [0.05, 0.1) is 18.1 Å². The van der Waals surface area contributed by atoms with Gasteiger partial charge in [-0.05, 0) is 19.8 Å². The van der Waals surface area contributed by atoms with E-state index in [-0.39, 0.29) is 6.10 Å². The highest BCUT2D eigenvalue weighted by Crippen LogP contribution is 2.01. The number of rotatable bonds is 3. The van der Waals surface area contributed by atoms with Gasteiger partial charge in [-0.15, -0.1) is 0 Å². The van der Waals surface area contributed by atoms with Crippen LogP contribution < -0.4 is 0 Å². The largest absolute Gasteiger partial charge is 0.393 e. The highest BCUT2D eigenvalue weighted by molar-refractivity contribution is 4.96. The molecule has 0 spiro atoms. The summed E-state index contributed by atoms with van der Waals surface area (Å²) in [5.74, 6) is 0. The van der Waals surface area contributed by atoms with Crippen molar-refractivity contribution in [3.8, 4) is 0 Å². The van der Waals surface area contributed by atoms with Gasteiger partial charge in [0.25, 0.3) is 0 Å². The van der Waals surface area contributed by atoms with Gasteiger partial charge >= 0.3 is 0 Å². The van der Waals surface area contributed by atoms with Gasteiger partial charge in [-0.1, -0.05) is 0 Å². The van der Waals surface area contributed by atoms with Crippen molar-refractivity contribution in [2.45, 2.75) is 25.9 Å². The summed E-state index contributed by atoms with van der Waals surface area (Å²) in [6.07, 6.45) is 5.17. The monoisotopic (exact) mass is 154 g/mol. The van der Waals surface area contributed by atoms with Crippen LogP contribution in [0.1, 0.15) is 19.0 Å². The highest BCUT2D eigenvalue weighted by atomic mass is 16.3. The third-order valence-corrected chi connectivity index (χ3v) is 1.58. The van der Waals surface area contributed by atoms with Crippen molar-refractivity contribution >= 4 is 0 Å². The Labute approximate surface area is 66.7 Å². The zero-order valence-electron chi connectivity index (χ0n) is 6.99. The first kappa shape index (κ1) is 8.27. The van der Waals surface area contributed by atoms with E-state index in [4.69, 9.17) is 5.11 Å². The number of hydrogen-bond acceptors (Lipinski definition) is 2. The molecule has 3 heteroatoms. The van der Waals surface area contributed by atoms with Gasteiger partial charge in [-0.2, -0.15) is 0 Å². The molecule has 0 aliphatic heterocycles. The molecule has 1 atom stereocenters. The summed E-state index contributed by atoms with van der Waals surface area (Å²) >= 11 is 0. The molecule has 0 aromatic carbocycles. The van der Waals surface area contributed by atoms with Gasteiger partial charge in [-0.3, -0.25) is 0 Å². The molecule has 0 fully saturated rings. The van der Waals surface area contributed by atoms with Crippen LogP contribution in [0.4, 0.5) is 0 Å². The van der Waals surface area contributed by atoms with E-state index in [0.29, 0.717) is 0 Å². The van der Waals surface area contributed by atoms with E-state index in [1.807, 2.05) is 17.8 Å².